The summed E-state index contributed by atoms with van der Waals surface area (Å²) in [5, 5.41) is 12.4. The second-order valence-corrected chi connectivity index (χ2v) is 6.01. The number of anilines is 2. The molecule has 0 saturated carbocycles. The van der Waals surface area contributed by atoms with E-state index in [1.165, 1.54) is 0 Å². The van der Waals surface area contributed by atoms with Gasteiger partial charge in [0.2, 0.25) is 5.95 Å². The van der Waals surface area contributed by atoms with Gasteiger partial charge in [0.05, 0.1) is 25.8 Å². The van der Waals surface area contributed by atoms with E-state index >= 15 is 0 Å². The van der Waals surface area contributed by atoms with E-state index in [0.29, 0.717) is 34.2 Å². The summed E-state index contributed by atoms with van der Waals surface area (Å²) in [6.07, 6.45) is 1.91. The first-order chi connectivity index (χ1) is 13.1. The lowest BCUT2D eigenvalue weighted by molar-refractivity contribution is 0.356. The minimum atomic E-state index is -0.181. The van der Waals surface area contributed by atoms with E-state index in [9.17, 15) is 0 Å². The van der Waals surface area contributed by atoms with Crippen LogP contribution < -0.4 is 20.5 Å². The SMILES string of the molecule is COc1cc2nc(NC(C)c3nnc4ccccn34)nc(N)c2cc1OC. The van der Waals surface area contributed by atoms with Crippen LogP contribution in [-0.4, -0.2) is 38.8 Å². The average molecular weight is 365 g/mol. The lowest BCUT2D eigenvalue weighted by atomic mass is 10.2. The summed E-state index contributed by atoms with van der Waals surface area (Å²) in [6, 6.07) is 9.10. The molecule has 3 N–H and O–H groups in total. The van der Waals surface area contributed by atoms with Gasteiger partial charge in [-0.05, 0) is 25.1 Å². The lowest BCUT2D eigenvalue weighted by Gasteiger charge is -2.14. The first kappa shape index (κ1) is 16.8. The fraction of sp³-hybridized carbons (Fsp3) is 0.222. The fourth-order valence-electron chi connectivity index (χ4n) is 2.96. The molecule has 3 heterocycles. The molecule has 0 fully saturated rings. The van der Waals surface area contributed by atoms with Crippen LogP contribution in [0.4, 0.5) is 11.8 Å². The summed E-state index contributed by atoms with van der Waals surface area (Å²) in [5.74, 6) is 2.64. The zero-order valence-electron chi connectivity index (χ0n) is 15.2. The average Bonchev–Trinajstić information content (AvgIpc) is 3.11. The minimum absolute atomic E-state index is 0.181. The van der Waals surface area contributed by atoms with Crippen LogP contribution in [-0.2, 0) is 0 Å². The van der Waals surface area contributed by atoms with Crippen molar-refractivity contribution in [2.75, 3.05) is 25.3 Å². The molecule has 1 atom stereocenters. The van der Waals surface area contributed by atoms with Gasteiger partial charge in [-0.1, -0.05) is 6.07 Å². The standard InChI is InChI=1S/C18H19N7O2/c1-10(17-24-23-15-6-4-5-7-25(15)17)20-18-21-12-9-14(27-3)13(26-2)8-11(12)16(19)22-18/h4-10H,1-3H3,(H3,19,20,21,22). The maximum Gasteiger partial charge on any atom is 0.225 e. The van der Waals surface area contributed by atoms with Crippen molar-refractivity contribution < 1.29 is 9.47 Å². The Morgan fingerprint density at radius 2 is 1.85 bits per heavy atom. The number of nitrogen functional groups attached to an aromatic ring is 1. The fourth-order valence-corrected chi connectivity index (χ4v) is 2.96. The zero-order chi connectivity index (χ0) is 19.0. The van der Waals surface area contributed by atoms with Crippen LogP contribution in [0.15, 0.2) is 36.5 Å². The van der Waals surface area contributed by atoms with Crippen molar-refractivity contribution in [3.05, 3.63) is 42.4 Å². The Balaban J connectivity index is 1.71. The van der Waals surface area contributed by atoms with E-state index in [0.717, 1.165) is 11.5 Å². The number of nitrogens with zero attached hydrogens (tertiary/aromatic N) is 5. The highest BCUT2D eigenvalue weighted by Gasteiger charge is 2.16. The molecular formula is C18H19N7O2. The Kier molecular flexibility index (Phi) is 4.11. The normalized spacial score (nSPS) is 12.3. The van der Waals surface area contributed by atoms with Gasteiger partial charge in [-0.2, -0.15) is 4.98 Å². The van der Waals surface area contributed by atoms with Crippen LogP contribution in [0.5, 0.6) is 11.5 Å². The molecule has 0 saturated heterocycles. The molecule has 0 aliphatic carbocycles. The number of hydrogen-bond donors (Lipinski definition) is 2. The summed E-state index contributed by atoms with van der Waals surface area (Å²) in [4.78, 5) is 8.92. The van der Waals surface area contributed by atoms with Gasteiger partial charge in [-0.3, -0.25) is 4.40 Å². The van der Waals surface area contributed by atoms with Gasteiger partial charge in [-0.25, -0.2) is 4.98 Å². The summed E-state index contributed by atoms with van der Waals surface area (Å²) >= 11 is 0. The van der Waals surface area contributed by atoms with Crippen LogP contribution in [0.3, 0.4) is 0 Å². The first-order valence-electron chi connectivity index (χ1n) is 8.36. The van der Waals surface area contributed by atoms with Crippen molar-refractivity contribution >= 4 is 28.3 Å². The third kappa shape index (κ3) is 2.92. The topological polar surface area (TPSA) is 112 Å². The number of pyridine rings is 1. The largest absolute Gasteiger partial charge is 0.493 e. The molecule has 0 spiro atoms. The number of methoxy groups -OCH3 is 2. The Bertz CT molecular complexity index is 1130. The van der Waals surface area contributed by atoms with Crippen molar-refractivity contribution in [1.82, 2.24) is 24.6 Å². The molecule has 0 bridgehead atoms. The molecule has 27 heavy (non-hydrogen) atoms. The van der Waals surface area contributed by atoms with Gasteiger partial charge < -0.3 is 20.5 Å². The molecule has 3 aromatic heterocycles. The molecule has 4 rings (SSSR count). The number of ether oxygens (including phenoxy) is 2. The lowest BCUT2D eigenvalue weighted by Crippen LogP contribution is -2.13. The monoisotopic (exact) mass is 365 g/mol. The smallest absolute Gasteiger partial charge is 0.225 e. The molecule has 1 aromatic carbocycles. The van der Waals surface area contributed by atoms with Crippen LogP contribution >= 0.6 is 0 Å². The molecular weight excluding hydrogens is 346 g/mol. The Morgan fingerprint density at radius 1 is 1.07 bits per heavy atom. The highest BCUT2D eigenvalue weighted by atomic mass is 16.5. The van der Waals surface area contributed by atoms with Gasteiger partial charge >= 0.3 is 0 Å². The van der Waals surface area contributed by atoms with Crippen molar-refractivity contribution in [2.24, 2.45) is 0 Å². The van der Waals surface area contributed by atoms with Gasteiger partial charge in [-0.15, -0.1) is 10.2 Å². The Hall–Kier alpha value is -3.62. The third-order valence-electron chi connectivity index (χ3n) is 4.30. The molecule has 9 heteroatoms. The maximum absolute atomic E-state index is 6.14. The van der Waals surface area contributed by atoms with Crippen LogP contribution in [0.25, 0.3) is 16.6 Å². The van der Waals surface area contributed by atoms with Crippen molar-refractivity contribution in [3.8, 4) is 11.5 Å². The highest BCUT2D eigenvalue weighted by molar-refractivity contribution is 5.91. The molecule has 0 aliphatic rings. The second-order valence-electron chi connectivity index (χ2n) is 6.01. The second kappa shape index (κ2) is 6.60. The number of nitrogens with one attached hydrogen (secondary N) is 1. The predicted molar refractivity (Wildman–Crippen MR) is 102 cm³/mol. The number of rotatable bonds is 5. The van der Waals surface area contributed by atoms with Crippen molar-refractivity contribution in [1.29, 1.82) is 0 Å². The number of hydrogen-bond acceptors (Lipinski definition) is 8. The summed E-state index contributed by atoms with van der Waals surface area (Å²) < 4.78 is 12.6. The van der Waals surface area contributed by atoms with Gasteiger partial charge in [0, 0.05) is 17.6 Å². The molecule has 9 nitrogen and oxygen atoms in total. The van der Waals surface area contributed by atoms with Crippen LogP contribution in [0.1, 0.15) is 18.8 Å². The third-order valence-corrected chi connectivity index (χ3v) is 4.30. The number of fused-ring (bicyclic) bond motifs is 2. The van der Waals surface area contributed by atoms with Crippen molar-refractivity contribution in [3.63, 3.8) is 0 Å². The van der Waals surface area contributed by atoms with E-state index in [4.69, 9.17) is 15.2 Å². The van der Waals surface area contributed by atoms with Gasteiger partial charge in [0.15, 0.2) is 23.0 Å². The molecule has 0 aliphatic heterocycles. The van der Waals surface area contributed by atoms with E-state index in [1.54, 1.807) is 26.4 Å². The summed E-state index contributed by atoms with van der Waals surface area (Å²) in [5.41, 5.74) is 7.57. The molecule has 4 aromatic rings. The molecule has 1 unspecified atom stereocenters. The van der Waals surface area contributed by atoms with E-state index in [-0.39, 0.29) is 6.04 Å². The zero-order valence-corrected chi connectivity index (χ0v) is 15.2. The van der Waals surface area contributed by atoms with Crippen molar-refractivity contribution in [2.45, 2.75) is 13.0 Å². The molecule has 138 valence electrons. The molecule has 0 radical (unpaired) electrons. The van der Waals surface area contributed by atoms with Gasteiger partial charge in [0.1, 0.15) is 5.82 Å². The van der Waals surface area contributed by atoms with E-state index < -0.39 is 0 Å². The predicted octanol–water partition coefficient (Wildman–Crippen LogP) is 2.45. The Morgan fingerprint density at radius 3 is 2.63 bits per heavy atom. The van der Waals surface area contributed by atoms with Crippen LogP contribution in [0, 0.1) is 0 Å². The number of aromatic nitrogens is 5. The first-order valence-corrected chi connectivity index (χ1v) is 8.36. The quantitative estimate of drug-likeness (QED) is 0.554. The minimum Gasteiger partial charge on any atom is -0.493 e. The highest BCUT2D eigenvalue weighted by Crippen LogP contribution is 2.34. The van der Waals surface area contributed by atoms with E-state index in [2.05, 4.69) is 25.5 Å². The van der Waals surface area contributed by atoms with Crippen LogP contribution in [0.2, 0.25) is 0 Å². The molecule has 0 amide bonds. The number of benzene rings is 1. The summed E-state index contributed by atoms with van der Waals surface area (Å²) in [6.45, 7) is 1.96. The Labute approximate surface area is 155 Å². The number of nitrogens with two attached hydrogens (primary N) is 1. The van der Waals surface area contributed by atoms with Gasteiger partial charge in [0.25, 0.3) is 0 Å². The van der Waals surface area contributed by atoms with E-state index in [1.807, 2.05) is 35.7 Å². The summed E-state index contributed by atoms with van der Waals surface area (Å²) in [7, 11) is 3.15. The maximum atomic E-state index is 6.14.